The smallest absolute Gasteiger partial charge is 0.322 e. The molecule has 6 nitrogen and oxygen atoms in total. The van der Waals surface area contributed by atoms with E-state index in [1.165, 1.54) is 13.0 Å². The van der Waals surface area contributed by atoms with Gasteiger partial charge in [-0.05, 0) is 12.1 Å². The molecule has 1 aromatic rings. The molecule has 0 unspecified atom stereocenters. The summed E-state index contributed by atoms with van der Waals surface area (Å²) in [4.78, 5) is 26.5. The Labute approximate surface area is 111 Å². The van der Waals surface area contributed by atoms with E-state index in [1.54, 1.807) is 28.0 Å². The first kappa shape index (κ1) is 13.2. The number of phenolic OH excluding ortho intramolecular Hbond substituents is 1. The lowest BCUT2D eigenvalue weighted by Gasteiger charge is -2.34. The third-order valence-corrected chi connectivity index (χ3v) is 3.16. The largest absolute Gasteiger partial charge is 0.506 e. The monoisotopic (exact) mass is 263 g/mol. The standard InChI is InChI=1S/C13H17N3O3/c1-10(17)15-6-8-16(9-7-15)13(19)14-11-4-2-3-5-12(11)18/h2-5,18H,6-9H2,1H3,(H,14,19). The first-order chi connectivity index (χ1) is 9.08. The number of carbonyl (C=O) groups excluding carboxylic acids is 2. The second kappa shape index (κ2) is 5.60. The molecule has 0 atom stereocenters. The third kappa shape index (κ3) is 3.15. The Balaban J connectivity index is 1.92. The van der Waals surface area contributed by atoms with Crippen molar-refractivity contribution >= 4 is 17.6 Å². The van der Waals surface area contributed by atoms with Crippen LogP contribution in [0.2, 0.25) is 0 Å². The Morgan fingerprint density at radius 1 is 1.11 bits per heavy atom. The molecule has 2 N–H and O–H groups in total. The Hall–Kier alpha value is -2.24. The normalized spacial score (nSPS) is 15.2. The lowest BCUT2D eigenvalue weighted by atomic mass is 10.3. The van der Waals surface area contributed by atoms with Crippen LogP contribution in [0, 0.1) is 0 Å². The van der Waals surface area contributed by atoms with Gasteiger partial charge in [0, 0.05) is 33.1 Å². The van der Waals surface area contributed by atoms with E-state index < -0.39 is 0 Å². The molecule has 1 aliphatic heterocycles. The van der Waals surface area contributed by atoms with Gasteiger partial charge in [-0.15, -0.1) is 0 Å². The van der Waals surface area contributed by atoms with Crippen molar-refractivity contribution in [2.45, 2.75) is 6.92 Å². The fraction of sp³-hybridized carbons (Fsp3) is 0.385. The number of phenols is 1. The number of nitrogens with zero attached hydrogens (tertiary/aromatic N) is 2. The first-order valence-electron chi connectivity index (χ1n) is 6.17. The van der Waals surface area contributed by atoms with Crippen molar-refractivity contribution in [1.29, 1.82) is 0 Å². The number of hydrogen-bond donors (Lipinski definition) is 2. The molecular formula is C13H17N3O3. The predicted octanol–water partition coefficient (Wildman–Crippen LogP) is 1.09. The maximum absolute atomic E-state index is 12.0. The molecule has 3 amide bonds. The van der Waals surface area contributed by atoms with Gasteiger partial charge in [0.25, 0.3) is 0 Å². The van der Waals surface area contributed by atoms with Gasteiger partial charge in [0.1, 0.15) is 5.75 Å². The maximum atomic E-state index is 12.0. The number of rotatable bonds is 1. The van der Waals surface area contributed by atoms with Gasteiger partial charge < -0.3 is 20.2 Å². The van der Waals surface area contributed by atoms with Crippen molar-refractivity contribution < 1.29 is 14.7 Å². The number of carbonyl (C=O) groups is 2. The first-order valence-corrected chi connectivity index (χ1v) is 6.17. The summed E-state index contributed by atoms with van der Waals surface area (Å²) in [6.07, 6.45) is 0. The van der Waals surface area contributed by atoms with Gasteiger partial charge in [0.15, 0.2) is 0 Å². The molecular weight excluding hydrogens is 246 g/mol. The average molecular weight is 263 g/mol. The quantitative estimate of drug-likeness (QED) is 0.745. The highest BCUT2D eigenvalue weighted by Crippen LogP contribution is 2.21. The van der Waals surface area contributed by atoms with Crippen LogP contribution in [-0.4, -0.2) is 53.0 Å². The Morgan fingerprint density at radius 2 is 1.68 bits per heavy atom. The topological polar surface area (TPSA) is 72.9 Å². The summed E-state index contributed by atoms with van der Waals surface area (Å²) in [5.41, 5.74) is 0.390. The van der Waals surface area contributed by atoms with Crippen LogP contribution in [0.25, 0.3) is 0 Å². The van der Waals surface area contributed by atoms with E-state index in [2.05, 4.69) is 5.32 Å². The highest BCUT2D eigenvalue weighted by Gasteiger charge is 2.22. The zero-order valence-corrected chi connectivity index (χ0v) is 10.8. The van der Waals surface area contributed by atoms with Crippen molar-refractivity contribution in [3.8, 4) is 5.75 Å². The molecule has 1 aliphatic rings. The van der Waals surface area contributed by atoms with Crippen molar-refractivity contribution in [3.05, 3.63) is 24.3 Å². The molecule has 1 heterocycles. The highest BCUT2D eigenvalue weighted by atomic mass is 16.3. The van der Waals surface area contributed by atoms with Gasteiger partial charge in [0.05, 0.1) is 5.69 Å². The zero-order chi connectivity index (χ0) is 13.8. The second-order valence-corrected chi connectivity index (χ2v) is 4.44. The van der Waals surface area contributed by atoms with Crippen LogP contribution in [0.15, 0.2) is 24.3 Å². The van der Waals surface area contributed by atoms with Crippen LogP contribution in [-0.2, 0) is 4.79 Å². The molecule has 2 rings (SSSR count). The molecule has 1 fully saturated rings. The van der Waals surface area contributed by atoms with Gasteiger partial charge >= 0.3 is 6.03 Å². The molecule has 0 bridgehead atoms. The van der Waals surface area contributed by atoms with E-state index in [-0.39, 0.29) is 17.7 Å². The lowest BCUT2D eigenvalue weighted by molar-refractivity contribution is -0.130. The fourth-order valence-corrected chi connectivity index (χ4v) is 2.00. The number of benzene rings is 1. The van der Waals surface area contributed by atoms with Crippen LogP contribution in [0.1, 0.15) is 6.92 Å². The number of amides is 3. The summed E-state index contributed by atoms with van der Waals surface area (Å²) < 4.78 is 0. The lowest BCUT2D eigenvalue weighted by Crippen LogP contribution is -2.51. The van der Waals surface area contributed by atoms with Crippen LogP contribution in [0.3, 0.4) is 0 Å². The number of piperazine rings is 1. The van der Waals surface area contributed by atoms with E-state index >= 15 is 0 Å². The minimum absolute atomic E-state index is 0.0285. The molecule has 0 spiro atoms. The molecule has 1 aromatic carbocycles. The SMILES string of the molecule is CC(=O)N1CCN(C(=O)Nc2ccccc2O)CC1. The van der Waals surface area contributed by atoms with Gasteiger partial charge in [-0.3, -0.25) is 4.79 Å². The Kier molecular flexibility index (Phi) is 3.89. The van der Waals surface area contributed by atoms with E-state index in [0.29, 0.717) is 31.9 Å². The van der Waals surface area contributed by atoms with E-state index in [4.69, 9.17) is 0 Å². The predicted molar refractivity (Wildman–Crippen MR) is 71.0 cm³/mol. The second-order valence-electron chi connectivity index (χ2n) is 4.44. The number of aromatic hydroxyl groups is 1. The minimum atomic E-state index is -0.260. The molecule has 102 valence electrons. The van der Waals surface area contributed by atoms with Crippen molar-refractivity contribution in [2.75, 3.05) is 31.5 Å². The summed E-state index contributed by atoms with van der Waals surface area (Å²) in [5, 5.41) is 12.2. The van der Waals surface area contributed by atoms with Crippen molar-refractivity contribution in [1.82, 2.24) is 9.80 Å². The van der Waals surface area contributed by atoms with E-state index in [0.717, 1.165) is 0 Å². The van der Waals surface area contributed by atoms with Crippen molar-refractivity contribution in [2.24, 2.45) is 0 Å². The Morgan fingerprint density at radius 3 is 2.26 bits per heavy atom. The molecule has 0 saturated carbocycles. The fourth-order valence-electron chi connectivity index (χ4n) is 2.00. The number of hydrogen-bond acceptors (Lipinski definition) is 3. The molecule has 0 aliphatic carbocycles. The molecule has 0 radical (unpaired) electrons. The molecule has 6 heteroatoms. The van der Waals surface area contributed by atoms with E-state index in [1.807, 2.05) is 0 Å². The summed E-state index contributed by atoms with van der Waals surface area (Å²) in [7, 11) is 0. The van der Waals surface area contributed by atoms with Crippen LogP contribution in [0.4, 0.5) is 10.5 Å². The highest BCUT2D eigenvalue weighted by molar-refractivity contribution is 5.91. The van der Waals surface area contributed by atoms with Crippen LogP contribution in [0.5, 0.6) is 5.75 Å². The summed E-state index contributed by atoms with van der Waals surface area (Å²) >= 11 is 0. The van der Waals surface area contributed by atoms with Gasteiger partial charge in [-0.25, -0.2) is 4.79 Å². The minimum Gasteiger partial charge on any atom is -0.506 e. The summed E-state index contributed by atoms with van der Waals surface area (Å²) in [6.45, 7) is 3.61. The zero-order valence-electron chi connectivity index (χ0n) is 10.8. The summed E-state index contributed by atoms with van der Waals surface area (Å²) in [5.74, 6) is 0.0685. The van der Waals surface area contributed by atoms with Gasteiger partial charge in [0.2, 0.25) is 5.91 Å². The van der Waals surface area contributed by atoms with Crippen molar-refractivity contribution in [3.63, 3.8) is 0 Å². The number of urea groups is 1. The maximum Gasteiger partial charge on any atom is 0.322 e. The Bertz CT molecular complexity index is 482. The van der Waals surface area contributed by atoms with Gasteiger partial charge in [-0.2, -0.15) is 0 Å². The van der Waals surface area contributed by atoms with E-state index in [9.17, 15) is 14.7 Å². The molecule has 19 heavy (non-hydrogen) atoms. The number of anilines is 1. The average Bonchev–Trinajstić information content (AvgIpc) is 2.41. The molecule has 1 saturated heterocycles. The summed E-state index contributed by atoms with van der Waals surface area (Å²) in [6, 6.07) is 6.33. The van der Waals surface area contributed by atoms with Crippen LogP contribution < -0.4 is 5.32 Å². The number of nitrogens with one attached hydrogen (secondary N) is 1. The third-order valence-electron chi connectivity index (χ3n) is 3.16. The van der Waals surface area contributed by atoms with Crippen LogP contribution >= 0.6 is 0 Å². The molecule has 0 aromatic heterocycles. The number of para-hydroxylation sites is 2. The van der Waals surface area contributed by atoms with Gasteiger partial charge in [-0.1, -0.05) is 12.1 Å².